The maximum absolute atomic E-state index is 12.7. The summed E-state index contributed by atoms with van der Waals surface area (Å²) in [7, 11) is -4.99. The number of hydrogen-bond acceptors (Lipinski definition) is 12. The molecule has 2 atom stereocenters. The Morgan fingerprint density at radius 2 is 2.19 bits per heavy atom. The van der Waals surface area contributed by atoms with E-state index in [2.05, 4.69) is 30.2 Å². The third-order valence-corrected chi connectivity index (χ3v) is 5.20. The van der Waals surface area contributed by atoms with Gasteiger partial charge in [0.15, 0.2) is 10.8 Å². The van der Waals surface area contributed by atoms with Crippen LogP contribution in [0, 0.1) is 0 Å². The Labute approximate surface area is 177 Å². The number of thiazole rings is 1. The highest BCUT2D eigenvalue weighted by Gasteiger charge is 2.54. The first-order chi connectivity index (χ1) is 14.6. The van der Waals surface area contributed by atoms with Gasteiger partial charge in [-0.1, -0.05) is 10.3 Å². The topological polar surface area (TPSA) is 265 Å². The molecule has 0 aliphatic carbocycles. The van der Waals surface area contributed by atoms with Crippen LogP contribution >= 0.6 is 11.3 Å². The van der Waals surface area contributed by atoms with Gasteiger partial charge in [0.1, 0.15) is 31.0 Å². The second kappa shape index (κ2) is 9.89. The fraction of sp³-hybridized carbons (Fsp3) is 0.417. The van der Waals surface area contributed by atoms with Crippen molar-refractivity contribution < 1.29 is 36.9 Å². The summed E-state index contributed by atoms with van der Waals surface area (Å²) in [4.78, 5) is 46.9. The number of β-lactam (4-membered cyclic amide) rings is 1. The van der Waals surface area contributed by atoms with Gasteiger partial charge in [-0.15, -0.1) is 11.3 Å². The largest absolute Gasteiger partial charge is 0.447 e. The molecule has 2 rings (SSSR count). The predicted octanol–water partition coefficient (Wildman–Crippen LogP) is -1.65. The van der Waals surface area contributed by atoms with E-state index in [1.807, 2.05) is 0 Å². The predicted molar refractivity (Wildman–Crippen MR) is 103 cm³/mol. The van der Waals surface area contributed by atoms with E-state index in [1.54, 1.807) is 0 Å². The van der Waals surface area contributed by atoms with Gasteiger partial charge in [-0.3, -0.25) is 14.1 Å². The van der Waals surface area contributed by atoms with Crippen LogP contribution in [0.3, 0.4) is 0 Å². The summed E-state index contributed by atoms with van der Waals surface area (Å²) >= 11 is 0.977. The van der Waals surface area contributed by atoms with Crippen molar-refractivity contribution in [1.82, 2.24) is 14.6 Å². The van der Waals surface area contributed by atoms with Gasteiger partial charge in [0.05, 0.1) is 6.54 Å². The molecular formula is C12H15N9O8S2. The van der Waals surface area contributed by atoms with Crippen LogP contribution in [-0.2, 0) is 29.5 Å². The fourth-order valence-electron chi connectivity index (χ4n) is 2.34. The van der Waals surface area contributed by atoms with Crippen LogP contribution in [0.25, 0.3) is 10.4 Å². The van der Waals surface area contributed by atoms with Crippen molar-refractivity contribution in [3.05, 3.63) is 21.5 Å². The third-order valence-electron chi connectivity index (χ3n) is 3.58. The van der Waals surface area contributed by atoms with Crippen molar-refractivity contribution in [1.29, 1.82) is 0 Å². The minimum Gasteiger partial charge on any atom is -0.447 e. The Hall–Kier alpha value is -3.67. The van der Waals surface area contributed by atoms with E-state index in [1.165, 1.54) is 5.38 Å². The van der Waals surface area contributed by atoms with Crippen molar-refractivity contribution in [3.8, 4) is 0 Å². The number of ether oxygens (including phenoxy) is 1. The molecule has 0 spiro atoms. The number of nitrogens with zero attached hydrogens (tertiary/aromatic N) is 6. The first-order valence-corrected chi connectivity index (χ1v) is 10.3. The first kappa shape index (κ1) is 23.6. The van der Waals surface area contributed by atoms with E-state index in [4.69, 9.17) is 26.4 Å². The number of carbonyl (C=O) groups is 3. The Kier molecular flexibility index (Phi) is 7.53. The zero-order chi connectivity index (χ0) is 23.2. The maximum atomic E-state index is 12.7. The standard InChI is InChI=1S/C12H15N9O8S2/c13-11-17-5(4-30-11)7(19-29-2-1-16-20-15)9(22)18-8-6(3-28-12(14)24)21(10(8)23)31(25,26)27/h4,6,8H,1-3H2,(H2,13,17)(H2,14,24)(H,18,22)(H,25,26,27)/b19-7-. The lowest BCUT2D eigenvalue weighted by molar-refractivity contribution is -0.146. The number of hydrogen-bond donors (Lipinski definition) is 4. The highest BCUT2D eigenvalue weighted by Crippen LogP contribution is 2.24. The van der Waals surface area contributed by atoms with Gasteiger partial charge in [0, 0.05) is 10.3 Å². The highest BCUT2D eigenvalue weighted by atomic mass is 32.2. The van der Waals surface area contributed by atoms with Gasteiger partial charge >= 0.3 is 16.4 Å². The molecule has 0 bridgehead atoms. The van der Waals surface area contributed by atoms with Gasteiger partial charge in [0.2, 0.25) is 0 Å². The average molecular weight is 477 g/mol. The second-order valence-electron chi connectivity index (χ2n) is 5.56. The minimum absolute atomic E-state index is 0.0212. The van der Waals surface area contributed by atoms with E-state index in [9.17, 15) is 22.8 Å². The fourth-order valence-corrected chi connectivity index (χ4v) is 3.75. The molecule has 0 saturated carbocycles. The summed E-state index contributed by atoms with van der Waals surface area (Å²) in [5.41, 5.74) is 18.1. The third kappa shape index (κ3) is 5.92. The van der Waals surface area contributed by atoms with Crippen molar-refractivity contribution in [2.45, 2.75) is 12.1 Å². The zero-order valence-corrected chi connectivity index (χ0v) is 16.9. The van der Waals surface area contributed by atoms with E-state index < -0.39 is 52.6 Å². The number of amides is 3. The van der Waals surface area contributed by atoms with Gasteiger partial charge in [-0.05, 0) is 5.53 Å². The summed E-state index contributed by atoms with van der Waals surface area (Å²) in [6, 6.07) is -2.98. The molecule has 1 fully saturated rings. The molecule has 0 aromatic carbocycles. The first-order valence-electron chi connectivity index (χ1n) is 8.02. The molecule has 1 aromatic heterocycles. The van der Waals surface area contributed by atoms with Crippen LogP contribution in [-0.4, -0.2) is 77.7 Å². The number of anilines is 1. The molecule has 6 N–H and O–H groups in total. The molecule has 1 aliphatic heterocycles. The molecule has 31 heavy (non-hydrogen) atoms. The Balaban J connectivity index is 2.21. The number of nitrogen functional groups attached to an aromatic ring is 1. The van der Waals surface area contributed by atoms with Crippen molar-refractivity contribution in [2.75, 3.05) is 25.5 Å². The average Bonchev–Trinajstić information content (AvgIpc) is 3.10. The van der Waals surface area contributed by atoms with Gasteiger partial charge in [-0.2, -0.15) is 8.42 Å². The van der Waals surface area contributed by atoms with Gasteiger partial charge in [-0.25, -0.2) is 14.1 Å². The number of primary amides is 1. The molecule has 0 radical (unpaired) electrons. The van der Waals surface area contributed by atoms with Crippen LogP contribution < -0.4 is 16.8 Å². The SMILES string of the molecule is [N-]=[N+]=NCCO/N=C(\C(=O)NC1C(=O)N(S(=O)(=O)O)C1COC(N)=O)c1csc(N)n1. The number of nitrogens with two attached hydrogens (primary N) is 2. The number of nitrogens with one attached hydrogen (secondary N) is 1. The van der Waals surface area contributed by atoms with Crippen LogP contribution in [0.5, 0.6) is 0 Å². The van der Waals surface area contributed by atoms with E-state index in [0.29, 0.717) is 0 Å². The number of oxime groups is 1. The van der Waals surface area contributed by atoms with Crippen LogP contribution in [0.2, 0.25) is 0 Å². The van der Waals surface area contributed by atoms with E-state index in [0.717, 1.165) is 11.3 Å². The summed E-state index contributed by atoms with van der Waals surface area (Å²) in [6.07, 6.45) is -1.27. The number of aromatic nitrogens is 1. The maximum Gasteiger partial charge on any atom is 0.404 e. The molecule has 19 heteroatoms. The summed E-state index contributed by atoms with van der Waals surface area (Å²) in [6.45, 7) is -1.01. The van der Waals surface area contributed by atoms with Crippen LogP contribution in [0.1, 0.15) is 5.69 Å². The minimum atomic E-state index is -4.99. The number of azide groups is 1. The Bertz CT molecular complexity index is 1050. The van der Waals surface area contributed by atoms with Crippen LogP contribution in [0.15, 0.2) is 15.7 Å². The smallest absolute Gasteiger partial charge is 0.404 e. The molecule has 17 nitrogen and oxygen atoms in total. The highest BCUT2D eigenvalue weighted by molar-refractivity contribution is 7.84. The lowest BCUT2D eigenvalue weighted by atomic mass is 9.99. The number of rotatable bonds is 10. The van der Waals surface area contributed by atoms with E-state index in [-0.39, 0.29) is 28.3 Å². The zero-order valence-electron chi connectivity index (χ0n) is 15.3. The molecule has 168 valence electrons. The van der Waals surface area contributed by atoms with Gasteiger partial charge < -0.3 is 26.4 Å². The van der Waals surface area contributed by atoms with Crippen LogP contribution in [0.4, 0.5) is 9.93 Å². The molecule has 1 saturated heterocycles. The van der Waals surface area contributed by atoms with Crippen molar-refractivity contribution in [2.24, 2.45) is 16.0 Å². The summed E-state index contributed by atoms with van der Waals surface area (Å²) in [5, 5.41) is 10.5. The lowest BCUT2D eigenvalue weighted by Gasteiger charge is -2.43. The number of carbonyl (C=O) groups excluding carboxylic acids is 3. The normalized spacial score (nSPS) is 18.5. The lowest BCUT2D eigenvalue weighted by Crippen LogP contribution is -2.73. The molecule has 1 aliphatic rings. The monoisotopic (exact) mass is 477 g/mol. The molecular weight excluding hydrogens is 462 g/mol. The molecule has 2 heterocycles. The van der Waals surface area contributed by atoms with Gasteiger partial charge in [0.25, 0.3) is 11.8 Å². The second-order valence-corrected chi connectivity index (χ2v) is 7.74. The molecule has 2 unspecified atom stereocenters. The van der Waals surface area contributed by atoms with Crippen molar-refractivity contribution in [3.63, 3.8) is 0 Å². The Morgan fingerprint density at radius 1 is 1.48 bits per heavy atom. The Morgan fingerprint density at radius 3 is 2.74 bits per heavy atom. The summed E-state index contributed by atoms with van der Waals surface area (Å²) in [5.74, 6) is -2.22. The molecule has 1 aromatic rings. The molecule has 3 amide bonds. The summed E-state index contributed by atoms with van der Waals surface area (Å²) < 4.78 is 36.4. The van der Waals surface area contributed by atoms with Crippen molar-refractivity contribution >= 4 is 50.4 Å². The van der Waals surface area contributed by atoms with E-state index >= 15 is 0 Å². The quantitative estimate of drug-likeness (QED) is 0.0435.